The number of hydrogen-bond donors (Lipinski definition) is 0. The molecule has 1 aromatic rings. The fourth-order valence-electron chi connectivity index (χ4n) is 1.94. The van der Waals surface area contributed by atoms with E-state index in [9.17, 15) is 14.4 Å². The standard InChI is InChI=1S/C15H12Cl2N2O5/c16-12-11(4-3-6-18-12)13(21)23-9-8-19-7-2-1-5-15(19,17)14(22)24-10-20/h1-7,10H,8-9H2. The summed E-state index contributed by atoms with van der Waals surface area (Å²) in [5, 5.41) is 0.0320. The SMILES string of the molecule is O=COC(=O)C1(Cl)C=CC=CN1CCOC(=O)c1cccnc1Cl. The molecule has 1 atom stereocenters. The quantitative estimate of drug-likeness (QED) is 0.189. The number of alkyl halides is 1. The van der Waals surface area contributed by atoms with E-state index in [1.165, 1.54) is 35.5 Å². The van der Waals surface area contributed by atoms with Crippen molar-refractivity contribution in [2.45, 2.75) is 5.00 Å². The monoisotopic (exact) mass is 370 g/mol. The smallest absolute Gasteiger partial charge is 0.359 e. The average molecular weight is 371 g/mol. The second-order valence-corrected chi connectivity index (χ2v) is 5.48. The molecule has 0 fully saturated rings. The normalized spacial score (nSPS) is 19.0. The second kappa shape index (κ2) is 7.94. The van der Waals surface area contributed by atoms with Gasteiger partial charge in [0.1, 0.15) is 11.8 Å². The number of allylic oxidation sites excluding steroid dienone is 2. The zero-order chi connectivity index (χ0) is 17.6. The van der Waals surface area contributed by atoms with E-state index < -0.39 is 16.9 Å². The zero-order valence-corrected chi connectivity index (χ0v) is 13.7. The second-order valence-electron chi connectivity index (χ2n) is 4.55. The molecule has 9 heteroatoms. The first kappa shape index (κ1) is 18.0. The molecule has 0 amide bonds. The van der Waals surface area contributed by atoms with E-state index in [1.807, 2.05) is 0 Å². The van der Waals surface area contributed by atoms with Crippen molar-refractivity contribution < 1.29 is 23.9 Å². The van der Waals surface area contributed by atoms with Crippen LogP contribution in [0, 0.1) is 0 Å². The van der Waals surface area contributed by atoms with E-state index in [2.05, 4.69) is 9.72 Å². The van der Waals surface area contributed by atoms with Gasteiger partial charge in [0.05, 0.1) is 12.1 Å². The van der Waals surface area contributed by atoms with Crippen LogP contribution in [0.3, 0.4) is 0 Å². The molecule has 0 aromatic carbocycles. The van der Waals surface area contributed by atoms with Gasteiger partial charge in [0.15, 0.2) is 0 Å². The van der Waals surface area contributed by atoms with Gasteiger partial charge in [-0.3, -0.25) is 4.79 Å². The lowest BCUT2D eigenvalue weighted by molar-refractivity contribution is -0.155. The Balaban J connectivity index is 1.97. The molecule has 24 heavy (non-hydrogen) atoms. The lowest BCUT2D eigenvalue weighted by atomic mass is 10.2. The van der Waals surface area contributed by atoms with E-state index >= 15 is 0 Å². The highest BCUT2D eigenvalue weighted by Crippen LogP contribution is 2.27. The third kappa shape index (κ3) is 3.93. The number of nitrogens with zero attached hydrogens (tertiary/aromatic N) is 2. The van der Waals surface area contributed by atoms with E-state index in [1.54, 1.807) is 12.1 Å². The van der Waals surface area contributed by atoms with Crippen LogP contribution < -0.4 is 0 Å². The minimum Gasteiger partial charge on any atom is -0.460 e. The lowest BCUT2D eigenvalue weighted by Gasteiger charge is -2.34. The number of ether oxygens (including phenoxy) is 2. The first-order chi connectivity index (χ1) is 11.5. The molecule has 1 aromatic heterocycles. The number of pyridine rings is 1. The van der Waals surface area contributed by atoms with Gasteiger partial charge in [-0.2, -0.15) is 0 Å². The highest BCUT2D eigenvalue weighted by atomic mass is 35.5. The number of carbonyl (C=O) groups excluding carboxylic acids is 3. The first-order valence-electron chi connectivity index (χ1n) is 6.73. The maximum atomic E-state index is 11.9. The van der Waals surface area contributed by atoms with Gasteiger partial charge in [-0.1, -0.05) is 29.3 Å². The van der Waals surface area contributed by atoms with Gasteiger partial charge < -0.3 is 14.4 Å². The molecule has 1 aliphatic rings. The Morgan fingerprint density at radius 3 is 2.88 bits per heavy atom. The molecule has 0 saturated heterocycles. The predicted molar refractivity (Wildman–Crippen MR) is 85.3 cm³/mol. The zero-order valence-electron chi connectivity index (χ0n) is 12.2. The summed E-state index contributed by atoms with van der Waals surface area (Å²) in [5.41, 5.74) is 0.130. The largest absolute Gasteiger partial charge is 0.460 e. The van der Waals surface area contributed by atoms with Gasteiger partial charge in [-0.25, -0.2) is 14.6 Å². The van der Waals surface area contributed by atoms with Crippen LogP contribution in [-0.2, 0) is 19.1 Å². The van der Waals surface area contributed by atoms with Gasteiger partial charge in [0.2, 0.25) is 5.00 Å². The molecule has 126 valence electrons. The van der Waals surface area contributed by atoms with Crippen molar-refractivity contribution in [1.82, 2.24) is 9.88 Å². The average Bonchev–Trinajstić information content (AvgIpc) is 2.57. The van der Waals surface area contributed by atoms with E-state index in [0.29, 0.717) is 0 Å². The summed E-state index contributed by atoms with van der Waals surface area (Å²) < 4.78 is 9.42. The number of rotatable bonds is 6. The summed E-state index contributed by atoms with van der Waals surface area (Å²) in [6, 6.07) is 3.04. The van der Waals surface area contributed by atoms with Gasteiger partial charge in [-0.15, -0.1) is 0 Å². The van der Waals surface area contributed by atoms with Crippen LogP contribution in [0.1, 0.15) is 10.4 Å². The summed E-state index contributed by atoms with van der Waals surface area (Å²) >= 11 is 12.0. The van der Waals surface area contributed by atoms with Crippen LogP contribution in [0.25, 0.3) is 0 Å². The third-order valence-corrected chi connectivity index (χ3v) is 3.90. The Morgan fingerprint density at radius 1 is 1.38 bits per heavy atom. The summed E-state index contributed by atoms with van der Waals surface area (Å²) in [4.78, 5) is 37.6. The van der Waals surface area contributed by atoms with Crippen molar-refractivity contribution in [1.29, 1.82) is 0 Å². The van der Waals surface area contributed by atoms with Crippen molar-refractivity contribution in [3.8, 4) is 0 Å². The molecule has 7 nitrogen and oxygen atoms in total. The molecule has 2 heterocycles. The summed E-state index contributed by atoms with van der Waals surface area (Å²) in [6.07, 6.45) is 7.50. The van der Waals surface area contributed by atoms with Crippen molar-refractivity contribution >= 4 is 41.6 Å². The molecule has 0 aliphatic carbocycles. The van der Waals surface area contributed by atoms with Crippen molar-refractivity contribution in [3.05, 3.63) is 53.5 Å². The Hall–Kier alpha value is -2.38. The van der Waals surface area contributed by atoms with Crippen LogP contribution >= 0.6 is 23.2 Å². The maximum absolute atomic E-state index is 11.9. The highest BCUT2D eigenvalue weighted by molar-refractivity contribution is 6.35. The Bertz CT molecular complexity index is 707. The minimum absolute atomic E-state index is 0.00122. The fourth-order valence-corrected chi connectivity index (χ4v) is 2.40. The number of carbonyl (C=O) groups is 3. The highest BCUT2D eigenvalue weighted by Gasteiger charge is 2.41. The van der Waals surface area contributed by atoms with E-state index in [-0.39, 0.29) is 30.3 Å². The predicted octanol–water partition coefficient (Wildman–Crippen LogP) is 1.91. The van der Waals surface area contributed by atoms with Crippen LogP contribution in [-0.4, -0.2) is 46.4 Å². The Labute approximate surface area is 147 Å². The molecule has 1 aliphatic heterocycles. The van der Waals surface area contributed by atoms with E-state index in [0.717, 1.165) is 0 Å². The maximum Gasteiger partial charge on any atom is 0.359 e. The number of halogens is 2. The molecule has 2 rings (SSSR count). The molecular weight excluding hydrogens is 359 g/mol. The van der Waals surface area contributed by atoms with Crippen LogP contribution in [0.4, 0.5) is 0 Å². The molecule has 0 radical (unpaired) electrons. The molecule has 1 unspecified atom stereocenters. The fraction of sp³-hybridized carbons (Fsp3) is 0.200. The van der Waals surface area contributed by atoms with Crippen molar-refractivity contribution in [2.24, 2.45) is 0 Å². The molecule has 0 bridgehead atoms. The number of esters is 2. The molecule has 0 N–H and O–H groups in total. The molecular formula is C15H12Cl2N2O5. The Kier molecular flexibility index (Phi) is 5.94. The summed E-state index contributed by atoms with van der Waals surface area (Å²) in [7, 11) is 0. The van der Waals surface area contributed by atoms with Gasteiger partial charge in [-0.05, 0) is 24.3 Å². The molecule has 0 saturated carbocycles. The summed E-state index contributed by atoms with van der Waals surface area (Å²) in [5.74, 6) is -1.61. The van der Waals surface area contributed by atoms with Gasteiger partial charge >= 0.3 is 18.4 Å². The van der Waals surface area contributed by atoms with Crippen LogP contribution in [0.2, 0.25) is 5.15 Å². The number of hydrogen-bond acceptors (Lipinski definition) is 7. The van der Waals surface area contributed by atoms with Gasteiger partial charge in [0.25, 0.3) is 0 Å². The lowest BCUT2D eigenvalue weighted by Crippen LogP contribution is -2.49. The van der Waals surface area contributed by atoms with Crippen LogP contribution in [0.5, 0.6) is 0 Å². The van der Waals surface area contributed by atoms with Gasteiger partial charge in [0, 0.05) is 12.4 Å². The van der Waals surface area contributed by atoms with E-state index in [4.69, 9.17) is 27.9 Å². The topological polar surface area (TPSA) is 85.8 Å². The molecule has 0 spiro atoms. The summed E-state index contributed by atoms with van der Waals surface area (Å²) in [6.45, 7) is 0.00816. The first-order valence-corrected chi connectivity index (χ1v) is 7.48. The number of aromatic nitrogens is 1. The minimum atomic E-state index is -1.69. The van der Waals surface area contributed by atoms with Crippen molar-refractivity contribution in [2.75, 3.05) is 13.2 Å². The third-order valence-electron chi connectivity index (χ3n) is 3.10. The Morgan fingerprint density at radius 2 is 2.17 bits per heavy atom. The van der Waals surface area contributed by atoms with Crippen LogP contribution in [0.15, 0.2) is 42.8 Å². The van der Waals surface area contributed by atoms with Crippen molar-refractivity contribution in [3.63, 3.8) is 0 Å².